The summed E-state index contributed by atoms with van der Waals surface area (Å²) in [5, 5.41) is 41.1. The molecule has 0 unspecified atom stereocenters. The smallest absolute Gasteiger partial charge is 0.261 e. The van der Waals surface area contributed by atoms with Crippen LogP contribution in [0.1, 0.15) is 20.8 Å². The predicted octanol–water partition coefficient (Wildman–Crippen LogP) is -3.81. The topological polar surface area (TPSA) is 194 Å². The van der Waals surface area contributed by atoms with Gasteiger partial charge in [0.15, 0.2) is 11.5 Å². The van der Waals surface area contributed by atoms with Gasteiger partial charge < -0.3 is 59.3 Å². The molecule has 0 fully saturated rings. The van der Waals surface area contributed by atoms with Crippen molar-refractivity contribution in [1.29, 1.82) is 0 Å². The van der Waals surface area contributed by atoms with Crippen molar-refractivity contribution in [2.24, 2.45) is 0 Å². The fourth-order valence-corrected chi connectivity index (χ4v) is 2.54. The zero-order chi connectivity index (χ0) is 26.9. The quantitative estimate of drug-likeness (QED) is 0.234. The van der Waals surface area contributed by atoms with Crippen LogP contribution in [0.3, 0.4) is 0 Å². The normalized spacial score (nSPS) is 13.0. The largest absolute Gasteiger partial charge is 0.545 e. The number of hydrogen-bond donors (Lipinski definition) is 1. The first kappa shape index (κ1) is 31.1. The van der Waals surface area contributed by atoms with Crippen LogP contribution in [-0.4, -0.2) is 67.3 Å². The molecule has 35 heavy (non-hydrogen) atoms. The molecule has 0 radical (unpaired) electrons. The van der Waals surface area contributed by atoms with Crippen molar-refractivity contribution in [3.8, 4) is 11.5 Å². The molecule has 2 rings (SSSR count). The number of nitrogens with one attached hydrogen (secondary N) is 1. The van der Waals surface area contributed by atoms with Gasteiger partial charge in [0.05, 0.1) is 30.4 Å². The minimum Gasteiger partial charge on any atom is -0.545 e. The zero-order valence-electron chi connectivity index (χ0n) is 19.7. The molecule has 1 N–H and O–H groups in total. The van der Waals surface area contributed by atoms with E-state index in [1.54, 1.807) is 0 Å². The Kier molecular flexibility index (Phi) is 14.8. The molecule has 194 valence electrons. The Morgan fingerprint density at radius 1 is 0.829 bits per heavy atom. The Morgan fingerprint density at radius 3 is 1.51 bits per heavy atom. The van der Waals surface area contributed by atoms with Crippen molar-refractivity contribution in [3.05, 3.63) is 48.6 Å². The van der Waals surface area contributed by atoms with E-state index in [1.165, 1.54) is 0 Å². The van der Waals surface area contributed by atoms with Gasteiger partial charge in [0.2, 0.25) is 0 Å². The van der Waals surface area contributed by atoms with Crippen LogP contribution in [0.25, 0.3) is 0 Å². The average Bonchev–Trinajstić information content (AvgIpc) is 3.13. The first-order chi connectivity index (χ1) is 16.4. The highest BCUT2D eigenvalue weighted by Gasteiger charge is 2.35. The number of para-hydroxylation sites is 2. The van der Waals surface area contributed by atoms with Crippen LogP contribution in [-0.2, 0) is 19.2 Å². The van der Waals surface area contributed by atoms with Crippen LogP contribution in [0.2, 0.25) is 0 Å². The van der Waals surface area contributed by atoms with E-state index in [0.29, 0.717) is 30.8 Å². The Morgan fingerprint density at radius 2 is 1.20 bits per heavy atom. The lowest BCUT2D eigenvalue weighted by atomic mass is 10.3. The molecular weight excluding hydrogens is 464 g/mol. The van der Waals surface area contributed by atoms with Crippen molar-refractivity contribution in [1.82, 2.24) is 10.2 Å². The summed E-state index contributed by atoms with van der Waals surface area (Å²) in [7, 11) is 0. The van der Waals surface area contributed by atoms with Crippen molar-refractivity contribution in [2.45, 2.75) is 26.6 Å². The summed E-state index contributed by atoms with van der Waals surface area (Å²) in [5.74, 6) is -5.12. The summed E-state index contributed by atoms with van der Waals surface area (Å²) in [5.41, 5.74) is 0. The first-order valence-corrected chi connectivity index (χ1v) is 10.5. The Bertz CT molecular complexity index is 803. The second-order valence-electron chi connectivity index (χ2n) is 6.93. The van der Waals surface area contributed by atoms with E-state index < -0.39 is 29.7 Å². The minimum absolute atomic E-state index is 0.384. The molecule has 1 aliphatic rings. The Balaban J connectivity index is 0.000000601. The Labute approximate surface area is 203 Å². The number of nitrogens with zero attached hydrogens (tertiary/aromatic N) is 1. The fourth-order valence-electron chi connectivity index (χ4n) is 2.54. The second kappa shape index (κ2) is 16.7. The molecule has 1 aromatic rings. The number of carboxylic acid groups (broad SMARTS) is 4. The fraction of sp³-hybridized carbons (Fsp3) is 0.391. The maximum absolute atomic E-state index is 9.41. The van der Waals surface area contributed by atoms with Gasteiger partial charge in [-0.2, -0.15) is 0 Å². The Hall–Kier alpha value is -3.90. The molecule has 12 nitrogen and oxygen atoms in total. The van der Waals surface area contributed by atoms with E-state index in [0.717, 1.165) is 37.7 Å². The van der Waals surface area contributed by atoms with E-state index in [1.807, 2.05) is 31.2 Å². The van der Waals surface area contributed by atoms with Gasteiger partial charge in [-0.3, -0.25) is 0 Å². The van der Waals surface area contributed by atoms with E-state index >= 15 is 0 Å². The summed E-state index contributed by atoms with van der Waals surface area (Å²) < 4.78 is 11.7. The first-order valence-electron chi connectivity index (χ1n) is 10.5. The summed E-state index contributed by atoms with van der Waals surface area (Å²) in [6.45, 7) is 11.2. The van der Waals surface area contributed by atoms with E-state index in [4.69, 9.17) is 9.47 Å². The number of carbonyl (C=O) groups is 4. The van der Waals surface area contributed by atoms with E-state index in [-0.39, 0.29) is 0 Å². The number of likely N-dealkylation sites (N-methyl/N-ethyl adjacent to an activating group) is 1. The minimum atomic E-state index is -1.55. The number of benzene rings is 1. The number of ether oxygens (including phenoxy) is 2. The monoisotopic (exact) mass is 492 g/mol. The highest BCUT2D eigenvalue weighted by molar-refractivity contribution is 5.88. The molecule has 0 spiro atoms. The molecule has 0 aromatic heterocycles. The number of rotatable bonds is 11. The van der Waals surface area contributed by atoms with Gasteiger partial charge in [0, 0.05) is 20.0 Å². The summed E-state index contributed by atoms with van der Waals surface area (Å²) in [6.07, 6.45) is 1.54. The number of carboxylic acids is 4. The molecule has 0 amide bonds. The second-order valence-corrected chi connectivity index (χ2v) is 6.93. The van der Waals surface area contributed by atoms with Crippen molar-refractivity contribution >= 4 is 23.9 Å². The maximum Gasteiger partial charge on any atom is 0.261 e. The molecule has 0 atom stereocenters. The summed E-state index contributed by atoms with van der Waals surface area (Å²) >= 11 is 0. The van der Waals surface area contributed by atoms with Crippen LogP contribution in [0, 0.1) is 0 Å². The van der Waals surface area contributed by atoms with Crippen molar-refractivity contribution in [2.75, 3.05) is 32.7 Å². The van der Waals surface area contributed by atoms with Gasteiger partial charge in [-0.25, -0.2) is 0 Å². The number of fused-ring (bicyclic) bond motifs is 1. The standard InChI is InChI=1S/C15H24N2O2.2C4H4O4/c1-4-17(5-2)11-10-16-12-15(3)18-13-8-6-7-9-14(13)19-15;2*5-3(6)1-2-4(7)8/h6-9,16H,4-5,10-12H2,1-3H3;2*1-2H,(H,5,6)(H,7,8)/p-4. The number of aliphatic carboxylic acids is 4. The number of carbonyl (C=O) groups excluding carboxylic acids is 4. The van der Waals surface area contributed by atoms with Crippen molar-refractivity contribution < 1.29 is 49.1 Å². The third-order valence-corrected chi connectivity index (χ3v) is 4.16. The molecule has 0 aliphatic carbocycles. The summed E-state index contributed by atoms with van der Waals surface area (Å²) in [6, 6.07) is 7.80. The van der Waals surface area contributed by atoms with Crippen LogP contribution in [0.4, 0.5) is 0 Å². The number of hydrogen-bond acceptors (Lipinski definition) is 12. The van der Waals surface area contributed by atoms with Gasteiger partial charge in [-0.05, 0) is 49.5 Å². The van der Waals surface area contributed by atoms with E-state index in [2.05, 4.69) is 24.1 Å². The van der Waals surface area contributed by atoms with Gasteiger partial charge in [0.1, 0.15) is 0 Å². The molecule has 1 aromatic carbocycles. The predicted molar refractivity (Wildman–Crippen MR) is 115 cm³/mol. The molecular formula is C23H28N2O10-4. The lowest BCUT2D eigenvalue weighted by Gasteiger charge is -2.24. The molecule has 1 aliphatic heterocycles. The van der Waals surface area contributed by atoms with Gasteiger partial charge in [-0.15, -0.1) is 0 Å². The molecule has 12 heteroatoms. The zero-order valence-corrected chi connectivity index (χ0v) is 19.7. The SMILES string of the molecule is CCN(CC)CCNCC1(C)Oc2ccccc2O1.O=C([O-])C=CC(=O)[O-].O=C([O-])C=CC(=O)[O-]. The van der Waals surface area contributed by atoms with Crippen LogP contribution in [0.15, 0.2) is 48.6 Å². The molecule has 0 saturated carbocycles. The third kappa shape index (κ3) is 15.5. The molecule has 0 bridgehead atoms. The highest BCUT2D eigenvalue weighted by Crippen LogP contribution is 2.38. The third-order valence-electron chi connectivity index (χ3n) is 4.16. The van der Waals surface area contributed by atoms with Crippen LogP contribution < -0.4 is 35.2 Å². The van der Waals surface area contributed by atoms with Crippen LogP contribution in [0.5, 0.6) is 11.5 Å². The molecule has 1 heterocycles. The lowest BCUT2D eigenvalue weighted by Crippen LogP contribution is -2.46. The van der Waals surface area contributed by atoms with Gasteiger partial charge in [0.25, 0.3) is 5.79 Å². The van der Waals surface area contributed by atoms with Crippen LogP contribution >= 0.6 is 0 Å². The van der Waals surface area contributed by atoms with E-state index in [9.17, 15) is 39.6 Å². The van der Waals surface area contributed by atoms with Gasteiger partial charge in [-0.1, -0.05) is 26.0 Å². The van der Waals surface area contributed by atoms with Gasteiger partial charge >= 0.3 is 0 Å². The highest BCUT2D eigenvalue weighted by atomic mass is 16.7. The average molecular weight is 492 g/mol. The van der Waals surface area contributed by atoms with Crippen molar-refractivity contribution in [3.63, 3.8) is 0 Å². The molecule has 0 saturated heterocycles. The lowest BCUT2D eigenvalue weighted by molar-refractivity contribution is -0.301. The maximum atomic E-state index is 9.41. The summed E-state index contributed by atoms with van der Waals surface area (Å²) in [4.78, 5) is 40.0.